The van der Waals surface area contributed by atoms with Crippen molar-refractivity contribution in [1.82, 2.24) is 0 Å². The molecule has 1 aliphatic rings. The van der Waals surface area contributed by atoms with E-state index < -0.39 is 0 Å². The van der Waals surface area contributed by atoms with Gasteiger partial charge in [-0.1, -0.05) is 51.2 Å². The van der Waals surface area contributed by atoms with Crippen molar-refractivity contribution in [3.63, 3.8) is 0 Å². The lowest BCUT2D eigenvalue weighted by molar-refractivity contribution is 0.142. The molecule has 0 heterocycles. The largest absolute Gasteiger partial charge is 0.392 e. The summed E-state index contributed by atoms with van der Waals surface area (Å²) in [6.07, 6.45) is 8.39. The quantitative estimate of drug-likeness (QED) is 0.473. The molecule has 1 N–H and O–H groups in total. The van der Waals surface area contributed by atoms with Crippen molar-refractivity contribution in [3.8, 4) is 0 Å². The van der Waals surface area contributed by atoms with Gasteiger partial charge in [0.15, 0.2) is 0 Å². The Balaban J connectivity index is 1.90. The van der Waals surface area contributed by atoms with Crippen molar-refractivity contribution in [1.29, 1.82) is 0 Å². The van der Waals surface area contributed by atoms with Gasteiger partial charge in [-0.15, -0.1) is 0 Å². The van der Waals surface area contributed by atoms with Gasteiger partial charge in [-0.25, -0.2) is 0 Å². The molecule has 1 aliphatic carbocycles. The first-order chi connectivity index (χ1) is 6.25. The third-order valence-electron chi connectivity index (χ3n) is 2.91. The molecule has 1 rings (SSSR count). The van der Waals surface area contributed by atoms with Gasteiger partial charge in [-0.3, -0.25) is 0 Å². The molecule has 0 aromatic rings. The minimum atomic E-state index is -0.0888. The normalized spacial score (nSPS) is 23.2. The third-order valence-corrected chi connectivity index (χ3v) is 2.91. The minimum absolute atomic E-state index is 0.0888. The van der Waals surface area contributed by atoms with Crippen molar-refractivity contribution < 1.29 is 5.11 Å². The highest BCUT2D eigenvalue weighted by Crippen LogP contribution is 2.40. The summed E-state index contributed by atoms with van der Waals surface area (Å²) in [5.74, 6) is 0.450. The first kappa shape index (κ1) is 10.8. The average Bonchev–Trinajstić information content (AvgIpc) is 2.82. The summed E-state index contributed by atoms with van der Waals surface area (Å²) in [4.78, 5) is 0. The van der Waals surface area contributed by atoms with E-state index in [9.17, 15) is 5.11 Å². The zero-order chi connectivity index (χ0) is 9.68. The van der Waals surface area contributed by atoms with Gasteiger partial charge in [0, 0.05) is 5.92 Å². The maximum atomic E-state index is 9.66. The number of rotatable bonds is 7. The molecular weight excluding hydrogens is 160 g/mol. The lowest BCUT2D eigenvalue weighted by Crippen LogP contribution is -2.08. The topological polar surface area (TPSA) is 20.2 Å². The first-order valence-electron chi connectivity index (χ1n) is 5.61. The molecule has 0 unspecified atom stereocenters. The van der Waals surface area contributed by atoms with E-state index in [-0.39, 0.29) is 6.10 Å². The third kappa shape index (κ3) is 3.95. The lowest BCUT2D eigenvalue weighted by atomic mass is 10.1. The van der Waals surface area contributed by atoms with Crippen LogP contribution in [-0.2, 0) is 0 Å². The van der Waals surface area contributed by atoms with Crippen LogP contribution in [0.1, 0.15) is 51.9 Å². The highest BCUT2D eigenvalue weighted by Gasteiger charge is 2.33. The maximum absolute atomic E-state index is 9.66. The number of aliphatic hydroxyl groups is 1. The fraction of sp³-hybridized carbons (Fsp3) is 0.833. The van der Waals surface area contributed by atoms with Crippen molar-refractivity contribution in [2.75, 3.05) is 0 Å². The van der Waals surface area contributed by atoms with E-state index in [1.807, 2.05) is 0 Å². The van der Waals surface area contributed by atoms with Crippen molar-refractivity contribution in [2.24, 2.45) is 5.92 Å². The first-order valence-corrected chi connectivity index (χ1v) is 5.61. The Labute approximate surface area is 81.9 Å². The maximum Gasteiger partial charge on any atom is 0.0608 e. The van der Waals surface area contributed by atoms with Crippen LogP contribution in [-0.4, -0.2) is 11.2 Å². The van der Waals surface area contributed by atoms with Gasteiger partial charge in [0.05, 0.1) is 6.10 Å². The van der Waals surface area contributed by atoms with Crippen LogP contribution < -0.4 is 0 Å². The monoisotopic (exact) mass is 182 g/mol. The average molecular weight is 182 g/mol. The van der Waals surface area contributed by atoms with Crippen LogP contribution in [0.5, 0.6) is 0 Å². The Morgan fingerprint density at radius 1 is 1.38 bits per heavy atom. The predicted molar refractivity (Wildman–Crippen MR) is 56.6 cm³/mol. The van der Waals surface area contributed by atoms with Crippen LogP contribution >= 0.6 is 0 Å². The summed E-state index contributed by atoms with van der Waals surface area (Å²) >= 11 is 0. The molecule has 1 heteroatoms. The number of hydrogen-bond donors (Lipinski definition) is 1. The van der Waals surface area contributed by atoms with Gasteiger partial charge >= 0.3 is 0 Å². The van der Waals surface area contributed by atoms with Crippen molar-refractivity contribution in [2.45, 2.75) is 58.0 Å². The Kier molecular flexibility index (Phi) is 4.51. The van der Waals surface area contributed by atoms with Gasteiger partial charge in [-0.2, -0.15) is 0 Å². The minimum Gasteiger partial charge on any atom is -0.392 e. The predicted octanol–water partition coefficient (Wildman–Crippen LogP) is 3.28. The van der Waals surface area contributed by atoms with E-state index >= 15 is 0 Å². The van der Waals surface area contributed by atoms with Crippen LogP contribution in [0.2, 0.25) is 0 Å². The number of aliphatic hydroxyl groups excluding tert-OH is 1. The second kappa shape index (κ2) is 5.43. The molecule has 76 valence electrons. The van der Waals surface area contributed by atoms with E-state index in [2.05, 4.69) is 13.5 Å². The summed E-state index contributed by atoms with van der Waals surface area (Å²) in [5, 5.41) is 9.66. The number of hydrogen-bond acceptors (Lipinski definition) is 1. The summed E-state index contributed by atoms with van der Waals surface area (Å²) < 4.78 is 0. The van der Waals surface area contributed by atoms with Crippen LogP contribution in [0.25, 0.3) is 0 Å². The van der Waals surface area contributed by atoms with Crippen LogP contribution in [0, 0.1) is 5.92 Å². The Morgan fingerprint density at radius 3 is 2.54 bits per heavy atom. The molecule has 0 bridgehead atoms. The molecule has 1 nitrogen and oxygen atoms in total. The SMILES string of the molecule is C=C1C[C@H]1[C@H](O)CCCCCCC. The Morgan fingerprint density at radius 2 is 2.00 bits per heavy atom. The van der Waals surface area contributed by atoms with E-state index in [1.54, 1.807) is 0 Å². The lowest BCUT2D eigenvalue weighted by Gasteiger charge is -2.07. The summed E-state index contributed by atoms with van der Waals surface area (Å²) in [6, 6.07) is 0. The molecule has 0 aliphatic heterocycles. The van der Waals surface area contributed by atoms with Crippen LogP contribution in [0.3, 0.4) is 0 Å². The molecule has 1 fully saturated rings. The molecule has 0 radical (unpaired) electrons. The highest BCUT2D eigenvalue weighted by molar-refractivity contribution is 5.20. The molecule has 0 aromatic heterocycles. The van der Waals surface area contributed by atoms with Gasteiger partial charge in [0.2, 0.25) is 0 Å². The van der Waals surface area contributed by atoms with Crippen LogP contribution in [0.15, 0.2) is 12.2 Å². The van der Waals surface area contributed by atoms with Gasteiger partial charge in [-0.05, 0) is 12.8 Å². The molecule has 0 spiro atoms. The van der Waals surface area contributed by atoms with E-state index in [0.29, 0.717) is 5.92 Å². The number of unbranched alkanes of at least 4 members (excludes halogenated alkanes) is 4. The fourth-order valence-corrected chi connectivity index (χ4v) is 1.79. The molecule has 2 atom stereocenters. The van der Waals surface area contributed by atoms with Crippen molar-refractivity contribution >= 4 is 0 Å². The smallest absolute Gasteiger partial charge is 0.0608 e. The van der Waals surface area contributed by atoms with Gasteiger partial charge < -0.3 is 5.11 Å². The Hall–Kier alpha value is -0.300. The van der Waals surface area contributed by atoms with Crippen LogP contribution in [0.4, 0.5) is 0 Å². The zero-order valence-electron chi connectivity index (χ0n) is 8.76. The molecular formula is C12H22O. The van der Waals surface area contributed by atoms with Gasteiger partial charge in [0.1, 0.15) is 0 Å². The molecule has 0 aromatic carbocycles. The summed E-state index contributed by atoms with van der Waals surface area (Å²) in [6.45, 7) is 6.09. The summed E-state index contributed by atoms with van der Waals surface area (Å²) in [5.41, 5.74) is 1.25. The second-order valence-corrected chi connectivity index (χ2v) is 4.24. The fourth-order valence-electron chi connectivity index (χ4n) is 1.79. The molecule has 0 amide bonds. The second-order valence-electron chi connectivity index (χ2n) is 4.24. The zero-order valence-corrected chi connectivity index (χ0v) is 8.76. The standard InChI is InChI=1S/C12H22O/c1-3-4-5-6-7-8-12(13)11-9-10(11)2/h11-13H,2-9H2,1H3/t11-,12-/m1/s1. The Bertz CT molecular complexity index is 163. The highest BCUT2D eigenvalue weighted by atomic mass is 16.3. The van der Waals surface area contributed by atoms with E-state index in [1.165, 1.54) is 37.7 Å². The van der Waals surface area contributed by atoms with E-state index in [4.69, 9.17) is 0 Å². The molecule has 0 saturated heterocycles. The van der Waals surface area contributed by atoms with Gasteiger partial charge in [0.25, 0.3) is 0 Å². The summed E-state index contributed by atoms with van der Waals surface area (Å²) in [7, 11) is 0. The molecule has 13 heavy (non-hydrogen) atoms. The molecule has 1 saturated carbocycles. The van der Waals surface area contributed by atoms with E-state index in [0.717, 1.165) is 12.8 Å². The van der Waals surface area contributed by atoms with Crippen molar-refractivity contribution in [3.05, 3.63) is 12.2 Å².